The van der Waals surface area contributed by atoms with Crippen molar-refractivity contribution in [3.05, 3.63) is 35.1 Å². The summed E-state index contributed by atoms with van der Waals surface area (Å²) >= 11 is 1.93. The van der Waals surface area contributed by atoms with Crippen molar-refractivity contribution in [2.45, 2.75) is 19.5 Å². The summed E-state index contributed by atoms with van der Waals surface area (Å²) in [5.74, 6) is 0.316. The van der Waals surface area contributed by atoms with Crippen LogP contribution >= 0.6 is 11.8 Å². The van der Waals surface area contributed by atoms with Gasteiger partial charge in [0.2, 0.25) is 0 Å². The first kappa shape index (κ1) is 13.4. The SMILES string of the molecule is CC1CSCCN1Cc1ccc(C(=O)O)c(F)c1. The van der Waals surface area contributed by atoms with E-state index in [1.165, 1.54) is 12.1 Å². The van der Waals surface area contributed by atoms with E-state index in [1.807, 2.05) is 11.8 Å². The lowest BCUT2D eigenvalue weighted by Crippen LogP contribution is -2.39. The lowest BCUT2D eigenvalue weighted by molar-refractivity contribution is 0.0692. The zero-order valence-electron chi connectivity index (χ0n) is 10.2. The molecule has 1 aliphatic heterocycles. The number of hydrogen-bond acceptors (Lipinski definition) is 3. The topological polar surface area (TPSA) is 40.5 Å². The summed E-state index contributed by atoms with van der Waals surface area (Å²) in [5, 5.41) is 8.77. The maximum absolute atomic E-state index is 13.5. The van der Waals surface area contributed by atoms with E-state index in [0.29, 0.717) is 12.6 Å². The Kier molecular flexibility index (Phi) is 4.24. The molecule has 2 rings (SSSR count). The molecule has 1 unspecified atom stereocenters. The lowest BCUT2D eigenvalue weighted by atomic mass is 10.1. The maximum Gasteiger partial charge on any atom is 0.338 e. The van der Waals surface area contributed by atoms with Gasteiger partial charge in [-0.3, -0.25) is 4.90 Å². The molecule has 18 heavy (non-hydrogen) atoms. The molecular weight excluding hydrogens is 253 g/mol. The van der Waals surface area contributed by atoms with Gasteiger partial charge < -0.3 is 5.11 Å². The molecule has 1 aliphatic rings. The number of nitrogens with zero attached hydrogens (tertiary/aromatic N) is 1. The van der Waals surface area contributed by atoms with Crippen molar-refractivity contribution in [3.63, 3.8) is 0 Å². The Labute approximate surface area is 110 Å². The average Bonchev–Trinajstić information content (AvgIpc) is 2.32. The molecule has 1 aromatic rings. The summed E-state index contributed by atoms with van der Waals surface area (Å²) < 4.78 is 13.5. The second kappa shape index (κ2) is 5.71. The highest BCUT2D eigenvalue weighted by molar-refractivity contribution is 7.99. The second-order valence-corrected chi connectivity index (χ2v) is 5.66. The normalized spacial score (nSPS) is 20.9. The molecule has 1 aromatic carbocycles. The van der Waals surface area contributed by atoms with Crippen LogP contribution in [0.25, 0.3) is 0 Å². The minimum absolute atomic E-state index is 0.263. The molecule has 0 spiro atoms. The first-order chi connectivity index (χ1) is 8.58. The summed E-state index contributed by atoms with van der Waals surface area (Å²) in [7, 11) is 0. The molecule has 0 aromatic heterocycles. The van der Waals surface area contributed by atoms with E-state index >= 15 is 0 Å². The van der Waals surface area contributed by atoms with Gasteiger partial charge in [-0.1, -0.05) is 6.07 Å². The molecule has 98 valence electrons. The quantitative estimate of drug-likeness (QED) is 0.915. The maximum atomic E-state index is 13.5. The summed E-state index contributed by atoms with van der Waals surface area (Å²) in [6.45, 7) is 3.83. The van der Waals surface area contributed by atoms with Gasteiger partial charge in [0.1, 0.15) is 5.82 Å². The van der Waals surface area contributed by atoms with Crippen LogP contribution in [-0.4, -0.2) is 40.1 Å². The van der Waals surface area contributed by atoms with E-state index in [1.54, 1.807) is 6.07 Å². The molecule has 1 saturated heterocycles. The molecule has 3 nitrogen and oxygen atoms in total. The third-order valence-electron chi connectivity index (χ3n) is 3.15. The van der Waals surface area contributed by atoms with Crippen molar-refractivity contribution in [1.29, 1.82) is 0 Å². The molecule has 0 saturated carbocycles. The zero-order chi connectivity index (χ0) is 13.1. The fourth-order valence-electron chi connectivity index (χ4n) is 2.06. The number of aromatic carboxylic acids is 1. The van der Waals surface area contributed by atoms with E-state index in [0.717, 1.165) is 23.6 Å². The van der Waals surface area contributed by atoms with Crippen LogP contribution in [0.4, 0.5) is 4.39 Å². The van der Waals surface area contributed by atoms with Crippen LogP contribution in [0.1, 0.15) is 22.8 Å². The van der Waals surface area contributed by atoms with Gasteiger partial charge in [0.05, 0.1) is 5.56 Å². The standard InChI is InChI=1S/C13H16FNO2S/c1-9-8-18-5-4-15(9)7-10-2-3-11(13(16)17)12(14)6-10/h2-3,6,9H,4-5,7-8H2,1H3,(H,16,17). The van der Waals surface area contributed by atoms with Crippen LogP contribution in [0, 0.1) is 5.82 Å². The summed E-state index contributed by atoms with van der Waals surface area (Å²) in [6, 6.07) is 4.85. The number of carboxylic acid groups (broad SMARTS) is 1. The molecule has 0 bridgehead atoms. The fourth-order valence-corrected chi connectivity index (χ4v) is 3.14. The Morgan fingerprint density at radius 1 is 1.61 bits per heavy atom. The van der Waals surface area contributed by atoms with Crippen molar-refractivity contribution in [3.8, 4) is 0 Å². The summed E-state index contributed by atoms with van der Waals surface area (Å²) in [6.07, 6.45) is 0. The number of carboxylic acids is 1. The highest BCUT2D eigenvalue weighted by atomic mass is 32.2. The van der Waals surface area contributed by atoms with Gasteiger partial charge in [0.25, 0.3) is 0 Å². The van der Waals surface area contributed by atoms with Gasteiger partial charge in [-0.15, -0.1) is 0 Å². The Morgan fingerprint density at radius 2 is 2.39 bits per heavy atom. The van der Waals surface area contributed by atoms with Crippen molar-refractivity contribution in [2.75, 3.05) is 18.1 Å². The molecule has 1 heterocycles. The summed E-state index contributed by atoms with van der Waals surface area (Å²) in [5.41, 5.74) is 0.567. The predicted octanol–water partition coefficient (Wildman–Crippen LogP) is 2.46. The number of rotatable bonds is 3. The lowest BCUT2D eigenvalue weighted by Gasteiger charge is -2.32. The first-order valence-electron chi connectivity index (χ1n) is 5.91. The minimum Gasteiger partial charge on any atom is -0.478 e. The number of hydrogen-bond donors (Lipinski definition) is 1. The molecule has 1 atom stereocenters. The number of halogens is 1. The Morgan fingerprint density at radius 3 is 3.00 bits per heavy atom. The van der Waals surface area contributed by atoms with Crippen LogP contribution in [0.5, 0.6) is 0 Å². The summed E-state index contributed by atoms with van der Waals surface area (Å²) in [4.78, 5) is 13.0. The molecule has 0 radical (unpaired) electrons. The van der Waals surface area contributed by atoms with Gasteiger partial charge in [-0.2, -0.15) is 11.8 Å². The number of thioether (sulfide) groups is 1. The van der Waals surface area contributed by atoms with Crippen LogP contribution < -0.4 is 0 Å². The van der Waals surface area contributed by atoms with Gasteiger partial charge >= 0.3 is 5.97 Å². The van der Waals surface area contributed by atoms with Crippen LogP contribution in [0.15, 0.2) is 18.2 Å². The van der Waals surface area contributed by atoms with E-state index in [2.05, 4.69) is 11.8 Å². The van der Waals surface area contributed by atoms with Crippen molar-refractivity contribution >= 4 is 17.7 Å². The molecule has 1 N–H and O–H groups in total. The van der Waals surface area contributed by atoms with Crippen molar-refractivity contribution in [1.82, 2.24) is 4.90 Å². The van der Waals surface area contributed by atoms with E-state index in [9.17, 15) is 9.18 Å². The van der Waals surface area contributed by atoms with E-state index < -0.39 is 11.8 Å². The third-order valence-corrected chi connectivity index (χ3v) is 4.34. The third kappa shape index (κ3) is 3.03. The van der Waals surface area contributed by atoms with Gasteiger partial charge in [-0.25, -0.2) is 9.18 Å². The van der Waals surface area contributed by atoms with E-state index in [4.69, 9.17) is 5.11 Å². The highest BCUT2D eigenvalue weighted by Gasteiger charge is 2.19. The minimum atomic E-state index is -1.22. The Balaban J connectivity index is 2.10. The monoisotopic (exact) mass is 269 g/mol. The number of benzene rings is 1. The predicted molar refractivity (Wildman–Crippen MR) is 70.6 cm³/mol. The van der Waals surface area contributed by atoms with E-state index in [-0.39, 0.29) is 5.56 Å². The second-order valence-electron chi connectivity index (χ2n) is 4.51. The first-order valence-corrected chi connectivity index (χ1v) is 7.07. The zero-order valence-corrected chi connectivity index (χ0v) is 11.0. The van der Waals surface area contributed by atoms with Gasteiger partial charge in [0, 0.05) is 30.6 Å². The van der Waals surface area contributed by atoms with Gasteiger partial charge in [-0.05, 0) is 24.6 Å². The fraction of sp³-hybridized carbons (Fsp3) is 0.462. The molecule has 0 aliphatic carbocycles. The van der Waals surface area contributed by atoms with Crippen molar-refractivity contribution < 1.29 is 14.3 Å². The van der Waals surface area contributed by atoms with Crippen LogP contribution in [0.3, 0.4) is 0 Å². The Bertz CT molecular complexity index is 453. The van der Waals surface area contributed by atoms with Crippen molar-refractivity contribution in [2.24, 2.45) is 0 Å². The van der Waals surface area contributed by atoms with Gasteiger partial charge in [0.15, 0.2) is 0 Å². The largest absolute Gasteiger partial charge is 0.478 e. The Hall–Kier alpha value is -1.07. The molecule has 0 amide bonds. The smallest absolute Gasteiger partial charge is 0.338 e. The molecule has 5 heteroatoms. The number of carbonyl (C=O) groups is 1. The molecule has 1 fully saturated rings. The highest BCUT2D eigenvalue weighted by Crippen LogP contribution is 2.19. The average molecular weight is 269 g/mol. The van der Waals surface area contributed by atoms with Crippen LogP contribution in [0.2, 0.25) is 0 Å². The molecular formula is C13H16FNO2S. The van der Waals surface area contributed by atoms with Crippen LogP contribution in [-0.2, 0) is 6.54 Å².